The molecule has 7 nitrogen and oxygen atoms in total. The highest BCUT2D eigenvalue weighted by atomic mass is 32.1. The largest absolute Gasteiger partial charge is 0.388 e. The molecule has 0 saturated carbocycles. The molecule has 0 radical (unpaired) electrons. The predicted octanol–water partition coefficient (Wildman–Crippen LogP) is 1.77. The monoisotopic (exact) mass is 313 g/mol. The Bertz CT molecular complexity index is 544. The Morgan fingerprint density at radius 3 is 2.71 bits per heavy atom. The van der Waals surface area contributed by atoms with Gasteiger partial charge in [-0.25, -0.2) is 0 Å². The van der Waals surface area contributed by atoms with Crippen molar-refractivity contribution in [1.29, 1.82) is 0 Å². The van der Waals surface area contributed by atoms with E-state index in [1.54, 1.807) is 11.8 Å². The summed E-state index contributed by atoms with van der Waals surface area (Å²) in [5.74, 6) is 0.0298. The van der Waals surface area contributed by atoms with E-state index >= 15 is 0 Å². The van der Waals surface area contributed by atoms with Crippen molar-refractivity contribution in [3.05, 3.63) is 21.1 Å². The zero-order valence-electron chi connectivity index (χ0n) is 12.1. The summed E-state index contributed by atoms with van der Waals surface area (Å²) in [5, 5.41) is 21.4. The Morgan fingerprint density at radius 2 is 2.14 bits per heavy atom. The third kappa shape index (κ3) is 3.51. The fraction of sp³-hybridized carbons (Fsp3) is 0.615. The summed E-state index contributed by atoms with van der Waals surface area (Å²) in [6.45, 7) is 5.61. The van der Waals surface area contributed by atoms with Gasteiger partial charge in [0.1, 0.15) is 0 Å². The molecule has 21 heavy (non-hydrogen) atoms. The summed E-state index contributed by atoms with van der Waals surface area (Å²) >= 11 is 1.25. The van der Waals surface area contributed by atoms with Crippen molar-refractivity contribution in [2.45, 2.75) is 26.4 Å². The Balaban J connectivity index is 2.24. The molecule has 1 N–H and O–H groups in total. The molecule has 1 aliphatic rings. The zero-order chi connectivity index (χ0) is 15.6. The van der Waals surface area contributed by atoms with Crippen molar-refractivity contribution >= 4 is 27.9 Å². The topological polar surface area (TPSA) is 86.9 Å². The Kier molecular flexibility index (Phi) is 4.79. The van der Waals surface area contributed by atoms with Gasteiger partial charge in [-0.15, -0.1) is 11.3 Å². The van der Waals surface area contributed by atoms with E-state index in [1.165, 1.54) is 24.3 Å². The summed E-state index contributed by atoms with van der Waals surface area (Å²) in [7, 11) is 0. The summed E-state index contributed by atoms with van der Waals surface area (Å²) in [6.07, 6.45) is 0.0571. The van der Waals surface area contributed by atoms with Crippen molar-refractivity contribution in [2.75, 3.05) is 31.1 Å². The average Bonchev–Trinajstić information content (AvgIpc) is 2.71. The second-order valence-electron chi connectivity index (χ2n) is 5.12. The van der Waals surface area contributed by atoms with Crippen LogP contribution < -0.4 is 4.90 Å². The quantitative estimate of drug-likeness (QED) is 0.679. The van der Waals surface area contributed by atoms with Gasteiger partial charge in [0.05, 0.1) is 11.0 Å². The van der Waals surface area contributed by atoms with Gasteiger partial charge in [-0.2, -0.15) is 0 Å². The maximum atomic E-state index is 11.4. The fourth-order valence-electron chi connectivity index (χ4n) is 2.39. The number of amides is 1. The van der Waals surface area contributed by atoms with Crippen LogP contribution in [-0.4, -0.2) is 47.0 Å². The van der Waals surface area contributed by atoms with Crippen LogP contribution in [0.15, 0.2) is 6.07 Å². The number of nitro groups is 1. The first-order chi connectivity index (χ1) is 9.90. The van der Waals surface area contributed by atoms with Gasteiger partial charge in [-0.05, 0) is 13.3 Å². The van der Waals surface area contributed by atoms with Gasteiger partial charge >= 0.3 is 5.69 Å². The van der Waals surface area contributed by atoms with Crippen molar-refractivity contribution in [1.82, 2.24) is 4.90 Å². The highest BCUT2D eigenvalue weighted by molar-refractivity contribution is 7.16. The molecule has 1 aromatic rings. The lowest BCUT2D eigenvalue weighted by molar-refractivity contribution is -0.383. The molecule has 1 saturated heterocycles. The number of nitrogens with zero attached hydrogens (tertiary/aromatic N) is 3. The van der Waals surface area contributed by atoms with E-state index < -0.39 is 11.0 Å². The number of hydrogen-bond acceptors (Lipinski definition) is 6. The van der Waals surface area contributed by atoms with Crippen molar-refractivity contribution in [3.63, 3.8) is 0 Å². The molecule has 0 spiro atoms. The summed E-state index contributed by atoms with van der Waals surface area (Å²) in [6, 6.07) is 1.44. The van der Waals surface area contributed by atoms with E-state index in [1.807, 2.05) is 4.90 Å². The Hall–Kier alpha value is -1.67. The molecule has 0 aromatic carbocycles. The number of hydrogen-bond donors (Lipinski definition) is 1. The average molecular weight is 313 g/mol. The third-order valence-corrected chi connectivity index (χ3v) is 4.90. The first-order valence-electron chi connectivity index (χ1n) is 6.86. The molecule has 1 unspecified atom stereocenters. The van der Waals surface area contributed by atoms with Crippen LogP contribution in [0.5, 0.6) is 0 Å². The van der Waals surface area contributed by atoms with E-state index in [4.69, 9.17) is 0 Å². The number of carbonyl (C=O) groups is 1. The smallest absolute Gasteiger partial charge is 0.304 e. The molecular formula is C13H19N3O4S. The molecular weight excluding hydrogens is 294 g/mol. The SMILES string of the molecule is CC(=O)N1CCCN(c2sc(C(C)O)cc2[N+](=O)[O-])CC1. The molecule has 2 heterocycles. The zero-order valence-corrected chi connectivity index (χ0v) is 12.9. The van der Waals surface area contributed by atoms with Gasteiger partial charge in [0.2, 0.25) is 5.91 Å². The highest BCUT2D eigenvalue weighted by Crippen LogP contribution is 2.40. The Labute approximate surface area is 126 Å². The van der Waals surface area contributed by atoms with Crippen LogP contribution in [0.3, 0.4) is 0 Å². The normalized spacial score (nSPS) is 17.5. The minimum atomic E-state index is -0.719. The third-order valence-electron chi connectivity index (χ3n) is 3.55. The first kappa shape index (κ1) is 15.7. The molecule has 1 aromatic heterocycles. The van der Waals surface area contributed by atoms with Crippen LogP contribution in [0, 0.1) is 10.1 Å². The number of aliphatic hydroxyl groups is 1. The van der Waals surface area contributed by atoms with Crippen LogP contribution in [-0.2, 0) is 4.79 Å². The van der Waals surface area contributed by atoms with Gasteiger partial charge in [0.15, 0.2) is 5.00 Å². The predicted molar refractivity (Wildman–Crippen MR) is 80.7 cm³/mol. The van der Waals surface area contributed by atoms with Crippen LogP contribution in [0.2, 0.25) is 0 Å². The van der Waals surface area contributed by atoms with Crippen LogP contribution in [0.1, 0.15) is 31.2 Å². The standard InChI is InChI=1S/C13H19N3O4S/c1-9(17)12-8-11(16(19)20)13(21-12)15-5-3-4-14(6-7-15)10(2)18/h8-9,17H,3-7H2,1-2H3. The lowest BCUT2D eigenvalue weighted by Crippen LogP contribution is -2.33. The van der Waals surface area contributed by atoms with Crippen molar-refractivity contribution < 1.29 is 14.8 Å². The van der Waals surface area contributed by atoms with Gasteiger partial charge in [-0.1, -0.05) is 0 Å². The maximum absolute atomic E-state index is 11.4. The maximum Gasteiger partial charge on any atom is 0.304 e. The van der Waals surface area contributed by atoms with Crippen LogP contribution >= 0.6 is 11.3 Å². The summed E-state index contributed by atoms with van der Waals surface area (Å²) in [4.78, 5) is 26.5. The van der Waals surface area contributed by atoms with Gasteiger partial charge in [-0.3, -0.25) is 14.9 Å². The number of anilines is 1. The Morgan fingerprint density at radius 1 is 1.43 bits per heavy atom. The summed E-state index contributed by atoms with van der Waals surface area (Å²) in [5.41, 5.74) is 0.0344. The molecule has 1 aliphatic heterocycles. The molecule has 8 heteroatoms. The molecule has 0 aliphatic carbocycles. The first-order valence-corrected chi connectivity index (χ1v) is 7.68. The number of carbonyl (C=O) groups excluding carboxylic acids is 1. The molecule has 0 bridgehead atoms. The molecule has 1 amide bonds. The number of thiophene rings is 1. The summed E-state index contributed by atoms with van der Waals surface area (Å²) < 4.78 is 0. The fourth-order valence-corrected chi connectivity index (χ4v) is 3.50. The molecule has 116 valence electrons. The van der Waals surface area contributed by atoms with Gasteiger partial charge in [0, 0.05) is 44.0 Å². The highest BCUT2D eigenvalue weighted by Gasteiger charge is 2.27. The van der Waals surface area contributed by atoms with E-state index in [-0.39, 0.29) is 11.6 Å². The second kappa shape index (κ2) is 6.40. The van der Waals surface area contributed by atoms with Crippen molar-refractivity contribution in [3.8, 4) is 0 Å². The lowest BCUT2D eigenvalue weighted by atomic mass is 10.3. The van der Waals surface area contributed by atoms with Crippen molar-refractivity contribution in [2.24, 2.45) is 0 Å². The van der Waals surface area contributed by atoms with E-state index in [9.17, 15) is 20.0 Å². The molecule has 2 rings (SSSR count). The lowest BCUT2D eigenvalue weighted by Gasteiger charge is -2.21. The van der Waals surface area contributed by atoms with Crippen LogP contribution in [0.4, 0.5) is 10.7 Å². The molecule has 1 atom stereocenters. The van der Waals surface area contributed by atoms with E-state index in [2.05, 4.69) is 0 Å². The van der Waals surface area contributed by atoms with E-state index in [0.29, 0.717) is 36.1 Å². The number of rotatable bonds is 3. The van der Waals surface area contributed by atoms with Gasteiger partial charge in [0.25, 0.3) is 0 Å². The van der Waals surface area contributed by atoms with Crippen LogP contribution in [0.25, 0.3) is 0 Å². The minimum absolute atomic E-state index is 0.0298. The minimum Gasteiger partial charge on any atom is -0.388 e. The second-order valence-corrected chi connectivity index (χ2v) is 6.18. The van der Waals surface area contributed by atoms with E-state index in [0.717, 1.165) is 6.42 Å². The number of aliphatic hydroxyl groups excluding tert-OH is 1. The molecule has 1 fully saturated rings. The van der Waals surface area contributed by atoms with Gasteiger partial charge < -0.3 is 14.9 Å².